The van der Waals surface area contributed by atoms with E-state index in [2.05, 4.69) is 0 Å². The Morgan fingerprint density at radius 3 is 2.62 bits per heavy atom. The van der Waals surface area contributed by atoms with Crippen LogP contribution in [0.4, 0.5) is 10.1 Å². The molecule has 68 valence electrons. The van der Waals surface area contributed by atoms with Gasteiger partial charge in [-0.05, 0) is 12.1 Å². The predicted octanol–water partition coefficient (Wildman–Crippen LogP) is 2.20. The first kappa shape index (κ1) is 9.60. The molecule has 0 amide bonds. The van der Waals surface area contributed by atoms with Crippen LogP contribution >= 0.6 is 11.6 Å². The lowest BCUT2D eigenvalue weighted by molar-refractivity contribution is -0.387. The standard InChI is InChI=1S/C7H3ClFNO3/c8-5-2-1-4(3-11)6(9)7(5)10(12)13/h1-3H. The fourth-order valence-corrected chi connectivity index (χ4v) is 1.03. The molecule has 0 N–H and O–H groups in total. The van der Waals surface area contributed by atoms with Crippen LogP contribution in [-0.4, -0.2) is 11.2 Å². The number of carbonyl (C=O) groups excluding carboxylic acids is 1. The van der Waals surface area contributed by atoms with E-state index in [1.54, 1.807) is 0 Å². The summed E-state index contributed by atoms with van der Waals surface area (Å²) < 4.78 is 13.0. The molecule has 0 aliphatic rings. The molecule has 0 heterocycles. The smallest absolute Gasteiger partial charge is 0.298 e. The van der Waals surface area contributed by atoms with Crippen molar-refractivity contribution in [3.63, 3.8) is 0 Å². The largest absolute Gasteiger partial charge is 0.323 e. The number of hydrogen-bond acceptors (Lipinski definition) is 3. The zero-order chi connectivity index (χ0) is 10.0. The lowest BCUT2D eigenvalue weighted by Crippen LogP contribution is -1.97. The highest BCUT2D eigenvalue weighted by molar-refractivity contribution is 6.32. The van der Waals surface area contributed by atoms with Crippen LogP contribution < -0.4 is 0 Å². The summed E-state index contributed by atoms with van der Waals surface area (Å²) in [6, 6.07) is 2.18. The maximum atomic E-state index is 13.0. The van der Waals surface area contributed by atoms with Gasteiger partial charge < -0.3 is 0 Å². The van der Waals surface area contributed by atoms with Crippen molar-refractivity contribution in [1.82, 2.24) is 0 Å². The zero-order valence-electron chi connectivity index (χ0n) is 6.16. The molecule has 4 nitrogen and oxygen atoms in total. The predicted molar refractivity (Wildman–Crippen MR) is 43.5 cm³/mol. The van der Waals surface area contributed by atoms with Gasteiger partial charge in [0.25, 0.3) is 0 Å². The van der Waals surface area contributed by atoms with Gasteiger partial charge in [0.05, 0.1) is 10.5 Å². The number of halogens is 2. The summed E-state index contributed by atoms with van der Waals surface area (Å²) in [5.41, 5.74) is -1.25. The Labute approximate surface area is 77.1 Å². The third kappa shape index (κ3) is 1.65. The molecule has 0 radical (unpaired) electrons. The molecule has 0 atom stereocenters. The van der Waals surface area contributed by atoms with Crippen molar-refractivity contribution in [2.24, 2.45) is 0 Å². The van der Waals surface area contributed by atoms with Crippen LogP contribution in [0.3, 0.4) is 0 Å². The van der Waals surface area contributed by atoms with Gasteiger partial charge in [0.15, 0.2) is 6.29 Å². The average molecular weight is 204 g/mol. The van der Waals surface area contributed by atoms with Gasteiger partial charge in [0, 0.05) is 0 Å². The van der Waals surface area contributed by atoms with Crippen molar-refractivity contribution < 1.29 is 14.1 Å². The Balaban J connectivity index is 3.47. The summed E-state index contributed by atoms with van der Waals surface area (Å²) in [5, 5.41) is 9.95. The normalized spacial score (nSPS) is 9.69. The number of rotatable bonds is 2. The molecule has 6 heteroatoms. The maximum Gasteiger partial charge on any atom is 0.323 e. The van der Waals surface area contributed by atoms with Crippen molar-refractivity contribution in [1.29, 1.82) is 0 Å². The molecule has 0 saturated carbocycles. The SMILES string of the molecule is O=Cc1ccc(Cl)c([N+](=O)[O-])c1F. The van der Waals surface area contributed by atoms with Crippen LogP contribution in [0.25, 0.3) is 0 Å². The highest BCUT2D eigenvalue weighted by atomic mass is 35.5. The average Bonchev–Trinajstić information content (AvgIpc) is 2.04. The topological polar surface area (TPSA) is 60.2 Å². The summed E-state index contributed by atoms with van der Waals surface area (Å²) in [5.74, 6) is -1.20. The van der Waals surface area contributed by atoms with Crippen molar-refractivity contribution in [2.75, 3.05) is 0 Å². The van der Waals surface area contributed by atoms with Crippen molar-refractivity contribution >= 4 is 23.6 Å². The first-order valence-electron chi connectivity index (χ1n) is 3.15. The van der Waals surface area contributed by atoms with Gasteiger partial charge in [0.1, 0.15) is 5.02 Å². The van der Waals surface area contributed by atoms with Crippen LogP contribution in [0.2, 0.25) is 5.02 Å². The van der Waals surface area contributed by atoms with E-state index in [4.69, 9.17) is 11.6 Å². The van der Waals surface area contributed by atoms with E-state index in [0.29, 0.717) is 0 Å². The van der Waals surface area contributed by atoms with E-state index in [1.807, 2.05) is 0 Å². The van der Waals surface area contributed by atoms with E-state index < -0.39 is 16.4 Å². The highest BCUT2D eigenvalue weighted by Gasteiger charge is 2.21. The van der Waals surface area contributed by atoms with Gasteiger partial charge in [0.2, 0.25) is 5.82 Å². The number of aldehydes is 1. The molecular formula is C7H3ClFNO3. The van der Waals surface area contributed by atoms with E-state index in [9.17, 15) is 19.3 Å². The molecule has 1 aromatic rings. The third-order valence-electron chi connectivity index (χ3n) is 1.41. The summed E-state index contributed by atoms with van der Waals surface area (Å²) in [4.78, 5) is 19.5. The Bertz CT molecular complexity index is 380. The van der Waals surface area contributed by atoms with Crippen molar-refractivity contribution in [3.8, 4) is 0 Å². The van der Waals surface area contributed by atoms with Gasteiger partial charge in [-0.1, -0.05) is 11.6 Å². The number of hydrogen-bond donors (Lipinski definition) is 0. The Morgan fingerprint density at radius 2 is 2.15 bits per heavy atom. The zero-order valence-corrected chi connectivity index (χ0v) is 6.92. The number of carbonyl (C=O) groups is 1. The van der Waals surface area contributed by atoms with Crippen LogP contribution in [-0.2, 0) is 0 Å². The van der Waals surface area contributed by atoms with Crippen LogP contribution in [0.15, 0.2) is 12.1 Å². The number of nitro benzene ring substituents is 1. The Morgan fingerprint density at radius 1 is 1.54 bits per heavy atom. The minimum absolute atomic E-state index is 0.193. The molecule has 0 fully saturated rings. The van der Waals surface area contributed by atoms with Crippen molar-refractivity contribution in [3.05, 3.63) is 38.7 Å². The van der Waals surface area contributed by atoms with Gasteiger partial charge in [-0.25, -0.2) is 0 Å². The lowest BCUT2D eigenvalue weighted by atomic mass is 10.2. The molecule has 1 aromatic carbocycles. The van der Waals surface area contributed by atoms with Gasteiger partial charge >= 0.3 is 5.69 Å². The van der Waals surface area contributed by atoms with E-state index >= 15 is 0 Å². The van der Waals surface area contributed by atoms with Gasteiger partial charge in [-0.15, -0.1) is 0 Å². The summed E-state index contributed by atoms with van der Waals surface area (Å²) in [6.45, 7) is 0. The quantitative estimate of drug-likeness (QED) is 0.421. The molecule has 0 aromatic heterocycles. The summed E-state index contributed by atoms with van der Waals surface area (Å²) in [7, 11) is 0. The second-order valence-electron chi connectivity index (χ2n) is 2.17. The summed E-state index contributed by atoms with van der Waals surface area (Å²) in [6.07, 6.45) is 0.193. The number of nitrogens with zero attached hydrogens (tertiary/aromatic N) is 1. The molecular weight excluding hydrogens is 201 g/mol. The first-order chi connectivity index (χ1) is 6.07. The third-order valence-corrected chi connectivity index (χ3v) is 1.71. The molecule has 0 aliphatic heterocycles. The minimum atomic E-state index is -1.20. The maximum absolute atomic E-state index is 13.0. The molecule has 0 aliphatic carbocycles. The second-order valence-corrected chi connectivity index (χ2v) is 2.58. The fourth-order valence-electron chi connectivity index (χ4n) is 0.815. The molecule has 0 unspecified atom stereocenters. The van der Waals surface area contributed by atoms with E-state index in [1.165, 1.54) is 0 Å². The second kappa shape index (κ2) is 3.49. The number of benzene rings is 1. The number of nitro groups is 1. The van der Waals surface area contributed by atoms with E-state index in [0.717, 1.165) is 12.1 Å². The molecule has 1 rings (SSSR count). The van der Waals surface area contributed by atoms with Crippen molar-refractivity contribution in [2.45, 2.75) is 0 Å². The van der Waals surface area contributed by atoms with Crippen LogP contribution in [0.1, 0.15) is 10.4 Å². The van der Waals surface area contributed by atoms with Gasteiger partial charge in [-0.2, -0.15) is 4.39 Å². The van der Waals surface area contributed by atoms with Crippen LogP contribution in [0.5, 0.6) is 0 Å². The minimum Gasteiger partial charge on any atom is -0.298 e. The molecule has 0 spiro atoms. The monoisotopic (exact) mass is 203 g/mol. The van der Waals surface area contributed by atoms with Crippen LogP contribution in [0, 0.1) is 15.9 Å². The lowest BCUT2D eigenvalue weighted by Gasteiger charge is -1.97. The fraction of sp³-hybridized carbons (Fsp3) is 0. The van der Waals surface area contributed by atoms with E-state index in [-0.39, 0.29) is 16.9 Å². The first-order valence-corrected chi connectivity index (χ1v) is 3.53. The summed E-state index contributed by atoms with van der Waals surface area (Å²) >= 11 is 5.36. The van der Waals surface area contributed by atoms with Gasteiger partial charge in [-0.3, -0.25) is 14.9 Å². The molecule has 0 bridgehead atoms. The molecule has 0 saturated heterocycles. The molecule has 13 heavy (non-hydrogen) atoms. The Hall–Kier alpha value is -1.49. The Kier molecular flexibility index (Phi) is 2.57. The highest BCUT2D eigenvalue weighted by Crippen LogP contribution is 2.28.